The summed E-state index contributed by atoms with van der Waals surface area (Å²) in [6.45, 7) is 0.225. The predicted octanol–water partition coefficient (Wildman–Crippen LogP) is 0.291. The number of hydrogen-bond acceptors (Lipinski definition) is 3. The Morgan fingerprint density at radius 2 is 2.00 bits per heavy atom. The molecule has 0 aromatic rings. The molecule has 0 radical (unpaired) electrons. The maximum Gasteiger partial charge on any atom is 0.246 e. The van der Waals surface area contributed by atoms with Crippen LogP contribution in [0, 0.1) is 5.92 Å². The third-order valence-electron chi connectivity index (χ3n) is 4.40. The molecule has 2 saturated carbocycles. The number of nitrogens with zero attached hydrogens (tertiary/aromatic N) is 1. The topological polar surface area (TPSA) is 58.6 Å². The van der Waals surface area contributed by atoms with Gasteiger partial charge in [0.15, 0.2) is 0 Å². The van der Waals surface area contributed by atoms with Crippen LogP contribution in [0.15, 0.2) is 0 Å². The number of rotatable bonds is 3. The van der Waals surface area contributed by atoms with Crippen molar-refractivity contribution < 1.29 is 14.3 Å². The van der Waals surface area contributed by atoms with E-state index in [9.17, 15) is 9.59 Å². The summed E-state index contributed by atoms with van der Waals surface area (Å²) in [6.07, 6.45) is 5.18. The van der Waals surface area contributed by atoms with Gasteiger partial charge in [0.05, 0.1) is 12.6 Å². The minimum atomic E-state index is -0.257. The van der Waals surface area contributed by atoms with Gasteiger partial charge in [-0.1, -0.05) is 0 Å². The first-order chi connectivity index (χ1) is 8.69. The van der Waals surface area contributed by atoms with Gasteiger partial charge in [-0.25, -0.2) is 0 Å². The normalized spacial score (nSPS) is 36.9. The van der Waals surface area contributed by atoms with Crippen LogP contribution in [0.5, 0.6) is 0 Å². The largest absolute Gasteiger partial charge is 0.381 e. The molecule has 3 atom stereocenters. The molecule has 1 aliphatic heterocycles. The highest BCUT2D eigenvalue weighted by atomic mass is 16.5. The van der Waals surface area contributed by atoms with Gasteiger partial charge >= 0.3 is 0 Å². The highest BCUT2D eigenvalue weighted by Crippen LogP contribution is 2.36. The molecule has 1 saturated heterocycles. The SMILES string of the molecule is COC1CCC(N2CC(=O)NC(C3CC3)C2=O)C1. The lowest BCUT2D eigenvalue weighted by molar-refractivity contribution is -0.147. The minimum absolute atomic E-state index is 0.00707. The summed E-state index contributed by atoms with van der Waals surface area (Å²) in [6, 6.07) is -0.0670. The van der Waals surface area contributed by atoms with Gasteiger partial charge < -0.3 is 15.0 Å². The summed E-state index contributed by atoms with van der Waals surface area (Å²) in [4.78, 5) is 25.9. The van der Waals surface area contributed by atoms with Crippen molar-refractivity contribution >= 4 is 11.8 Å². The molecule has 0 aromatic heterocycles. The van der Waals surface area contributed by atoms with Gasteiger partial charge in [0.2, 0.25) is 11.8 Å². The van der Waals surface area contributed by atoms with Crippen LogP contribution in [0.3, 0.4) is 0 Å². The summed E-state index contributed by atoms with van der Waals surface area (Å²) in [7, 11) is 1.71. The second-order valence-corrected chi connectivity index (χ2v) is 5.67. The van der Waals surface area contributed by atoms with Gasteiger partial charge in [-0.3, -0.25) is 9.59 Å². The minimum Gasteiger partial charge on any atom is -0.381 e. The molecule has 0 spiro atoms. The molecule has 100 valence electrons. The number of carbonyl (C=O) groups excluding carboxylic acids is 2. The third kappa shape index (κ3) is 2.11. The lowest BCUT2D eigenvalue weighted by atomic mass is 10.1. The van der Waals surface area contributed by atoms with E-state index in [0.29, 0.717) is 5.92 Å². The Kier molecular flexibility index (Phi) is 3.01. The molecule has 0 bridgehead atoms. The van der Waals surface area contributed by atoms with Crippen LogP contribution in [0.2, 0.25) is 0 Å². The van der Waals surface area contributed by atoms with Crippen molar-refractivity contribution in [3.63, 3.8) is 0 Å². The monoisotopic (exact) mass is 252 g/mol. The Labute approximate surface area is 107 Å². The van der Waals surface area contributed by atoms with E-state index in [-0.39, 0.29) is 36.5 Å². The first-order valence-electron chi connectivity index (χ1n) is 6.81. The Morgan fingerprint density at radius 1 is 1.22 bits per heavy atom. The first-order valence-corrected chi connectivity index (χ1v) is 6.81. The fraction of sp³-hybridized carbons (Fsp3) is 0.846. The van der Waals surface area contributed by atoms with Crippen molar-refractivity contribution in [1.82, 2.24) is 10.2 Å². The average Bonchev–Trinajstić information content (AvgIpc) is 3.09. The summed E-state index contributed by atoms with van der Waals surface area (Å²) in [5.74, 6) is 0.495. The van der Waals surface area contributed by atoms with Crippen LogP contribution in [0.4, 0.5) is 0 Å². The third-order valence-corrected chi connectivity index (χ3v) is 4.40. The summed E-state index contributed by atoms with van der Waals surface area (Å²) in [5.41, 5.74) is 0. The first kappa shape index (κ1) is 12.0. The van der Waals surface area contributed by atoms with E-state index >= 15 is 0 Å². The van der Waals surface area contributed by atoms with Crippen molar-refractivity contribution in [1.29, 1.82) is 0 Å². The second-order valence-electron chi connectivity index (χ2n) is 5.67. The van der Waals surface area contributed by atoms with Crippen molar-refractivity contribution in [2.75, 3.05) is 13.7 Å². The number of methoxy groups -OCH3 is 1. The molecule has 18 heavy (non-hydrogen) atoms. The van der Waals surface area contributed by atoms with Crippen LogP contribution in [-0.2, 0) is 14.3 Å². The van der Waals surface area contributed by atoms with Gasteiger partial charge in [-0.05, 0) is 38.0 Å². The highest BCUT2D eigenvalue weighted by molar-refractivity contribution is 5.95. The van der Waals surface area contributed by atoms with Crippen molar-refractivity contribution in [2.45, 2.75) is 50.3 Å². The molecule has 0 aromatic carbocycles. The lowest BCUT2D eigenvalue weighted by Crippen LogP contribution is -2.61. The van der Waals surface area contributed by atoms with E-state index in [4.69, 9.17) is 4.74 Å². The van der Waals surface area contributed by atoms with Crippen LogP contribution < -0.4 is 5.32 Å². The molecule has 3 fully saturated rings. The molecule has 2 amide bonds. The van der Waals surface area contributed by atoms with Gasteiger partial charge in [-0.15, -0.1) is 0 Å². The standard InChI is InChI=1S/C13H20N2O3/c1-18-10-5-4-9(6-10)15-7-11(16)14-12(13(15)17)8-2-3-8/h8-10,12H,2-7H2,1H3,(H,14,16). The van der Waals surface area contributed by atoms with Crippen LogP contribution in [-0.4, -0.2) is 48.6 Å². The second kappa shape index (κ2) is 4.53. The zero-order valence-electron chi connectivity index (χ0n) is 10.7. The van der Waals surface area contributed by atoms with E-state index in [0.717, 1.165) is 32.1 Å². The Morgan fingerprint density at radius 3 is 2.61 bits per heavy atom. The molecule has 2 aliphatic carbocycles. The van der Waals surface area contributed by atoms with E-state index in [1.165, 1.54) is 0 Å². The molecular formula is C13H20N2O3. The molecule has 5 heteroatoms. The fourth-order valence-electron chi connectivity index (χ4n) is 3.16. The van der Waals surface area contributed by atoms with E-state index in [1.54, 1.807) is 12.0 Å². The number of ether oxygens (including phenoxy) is 1. The highest BCUT2D eigenvalue weighted by Gasteiger charge is 2.45. The van der Waals surface area contributed by atoms with E-state index in [1.807, 2.05) is 0 Å². The molecule has 1 heterocycles. The maximum atomic E-state index is 12.4. The average molecular weight is 252 g/mol. The molecule has 3 rings (SSSR count). The summed E-state index contributed by atoms with van der Waals surface area (Å²) in [5, 5.41) is 2.85. The number of piperazine rings is 1. The van der Waals surface area contributed by atoms with Crippen LogP contribution in [0.25, 0.3) is 0 Å². The van der Waals surface area contributed by atoms with Gasteiger partial charge in [0, 0.05) is 13.2 Å². The van der Waals surface area contributed by atoms with E-state index < -0.39 is 0 Å². The van der Waals surface area contributed by atoms with Gasteiger partial charge in [0.25, 0.3) is 0 Å². The molecule has 1 N–H and O–H groups in total. The smallest absolute Gasteiger partial charge is 0.246 e. The number of carbonyl (C=O) groups is 2. The Bertz CT molecular complexity index is 367. The zero-order valence-corrected chi connectivity index (χ0v) is 10.7. The summed E-state index contributed by atoms with van der Waals surface area (Å²) < 4.78 is 5.34. The quantitative estimate of drug-likeness (QED) is 0.785. The number of hydrogen-bond donors (Lipinski definition) is 1. The van der Waals surface area contributed by atoms with Crippen molar-refractivity contribution in [3.05, 3.63) is 0 Å². The molecule has 3 unspecified atom stereocenters. The fourth-order valence-corrected chi connectivity index (χ4v) is 3.16. The van der Waals surface area contributed by atoms with Crippen molar-refractivity contribution in [2.24, 2.45) is 5.92 Å². The van der Waals surface area contributed by atoms with Gasteiger partial charge in [0.1, 0.15) is 6.04 Å². The molecule has 5 nitrogen and oxygen atoms in total. The number of amides is 2. The van der Waals surface area contributed by atoms with Crippen molar-refractivity contribution in [3.8, 4) is 0 Å². The van der Waals surface area contributed by atoms with Gasteiger partial charge in [-0.2, -0.15) is 0 Å². The Hall–Kier alpha value is -1.10. The van der Waals surface area contributed by atoms with Crippen LogP contribution in [0.1, 0.15) is 32.1 Å². The van der Waals surface area contributed by atoms with Crippen LogP contribution >= 0.6 is 0 Å². The molecular weight excluding hydrogens is 232 g/mol. The summed E-state index contributed by atoms with van der Waals surface area (Å²) >= 11 is 0. The number of nitrogens with one attached hydrogen (secondary N) is 1. The van der Waals surface area contributed by atoms with E-state index in [2.05, 4.69) is 5.32 Å². The maximum absolute atomic E-state index is 12.4. The predicted molar refractivity (Wildman–Crippen MR) is 64.8 cm³/mol. The zero-order chi connectivity index (χ0) is 12.7. The Balaban J connectivity index is 1.70. The molecule has 3 aliphatic rings. The lowest BCUT2D eigenvalue weighted by Gasteiger charge is -2.36.